The van der Waals surface area contributed by atoms with Crippen molar-refractivity contribution in [1.29, 1.82) is 0 Å². The lowest BCUT2D eigenvalue weighted by Gasteiger charge is -2.12. The van der Waals surface area contributed by atoms with Crippen LogP contribution in [0.4, 0.5) is 5.69 Å². The zero-order valence-corrected chi connectivity index (χ0v) is 17.0. The van der Waals surface area contributed by atoms with Gasteiger partial charge < -0.3 is 19.4 Å². The largest absolute Gasteiger partial charge is 0.497 e. The van der Waals surface area contributed by atoms with Crippen molar-refractivity contribution in [3.05, 3.63) is 48.5 Å². The summed E-state index contributed by atoms with van der Waals surface area (Å²) in [7, 11) is 5.11. The fourth-order valence-corrected chi connectivity index (χ4v) is 3.38. The Kier molecular flexibility index (Phi) is 6.20. The molecule has 1 N–H and O–H groups in total. The van der Waals surface area contributed by atoms with E-state index in [0.717, 1.165) is 17.1 Å². The Morgan fingerprint density at radius 1 is 1.07 bits per heavy atom. The van der Waals surface area contributed by atoms with Gasteiger partial charge in [0.05, 0.1) is 19.5 Å². The summed E-state index contributed by atoms with van der Waals surface area (Å²) in [4.78, 5) is 12.5. The van der Waals surface area contributed by atoms with E-state index in [4.69, 9.17) is 9.47 Å². The smallest absolute Gasteiger partial charge is 0.237 e. The van der Waals surface area contributed by atoms with Gasteiger partial charge in [0.25, 0.3) is 0 Å². The molecule has 0 aliphatic heterocycles. The van der Waals surface area contributed by atoms with Gasteiger partial charge in [0.1, 0.15) is 11.5 Å². The summed E-state index contributed by atoms with van der Waals surface area (Å²) in [6.07, 6.45) is 0. The fourth-order valence-electron chi connectivity index (χ4n) is 2.56. The molecule has 0 aliphatic carbocycles. The number of amides is 1. The molecule has 3 aromatic rings. The Morgan fingerprint density at radius 2 is 1.79 bits per heavy atom. The number of carbonyl (C=O) groups excluding carboxylic acids is 1. The van der Waals surface area contributed by atoms with Crippen LogP contribution in [-0.4, -0.2) is 40.1 Å². The van der Waals surface area contributed by atoms with Crippen LogP contribution >= 0.6 is 11.8 Å². The number of methoxy groups -OCH3 is 2. The average Bonchev–Trinajstić information content (AvgIpc) is 3.08. The molecule has 8 heteroatoms. The second-order valence-electron chi connectivity index (χ2n) is 6.07. The van der Waals surface area contributed by atoms with E-state index in [9.17, 15) is 4.79 Å². The van der Waals surface area contributed by atoms with Crippen molar-refractivity contribution in [2.24, 2.45) is 7.05 Å². The van der Waals surface area contributed by atoms with Crippen LogP contribution < -0.4 is 14.8 Å². The SMILES string of the molecule is COc1ccc(NC(=O)[C@H](C)Sc2nnc(-c3cccc(OC)c3)n2C)cc1. The molecule has 0 bridgehead atoms. The Labute approximate surface area is 168 Å². The molecule has 1 aromatic heterocycles. The van der Waals surface area contributed by atoms with Crippen LogP contribution in [-0.2, 0) is 11.8 Å². The summed E-state index contributed by atoms with van der Waals surface area (Å²) in [5, 5.41) is 11.7. The van der Waals surface area contributed by atoms with Gasteiger partial charge in [-0.15, -0.1) is 10.2 Å². The minimum Gasteiger partial charge on any atom is -0.497 e. The van der Waals surface area contributed by atoms with E-state index in [-0.39, 0.29) is 11.2 Å². The maximum atomic E-state index is 12.5. The summed E-state index contributed by atoms with van der Waals surface area (Å²) in [6.45, 7) is 1.84. The highest BCUT2D eigenvalue weighted by molar-refractivity contribution is 8.00. The van der Waals surface area contributed by atoms with Crippen LogP contribution in [0.25, 0.3) is 11.4 Å². The number of nitrogens with one attached hydrogen (secondary N) is 1. The number of thioether (sulfide) groups is 1. The van der Waals surface area contributed by atoms with Crippen molar-refractivity contribution in [2.75, 3.05) is 19.5 Å². The number of anilines is 1. The van der Waals surface area contributed by atoms with E-state index < -0.39 is 0 Å². The molecule has 0 fully saturated rings. The molecule has 0 spiro atoms. The van der Waals surface area contributed by atoms with Crippen molar-refractivity contribution in [1.82, 2.24) is 14.8 Å². The molecule has 3 rings (SSSR count). The quantitative estimate of drug-likeness (QED) is 0.613. The molecular weight excluding hydrogens is 376 g/mol. The lowest BCUT2D eigenvalue weighted by molar-refractivity contribution is -0.115. The third-order valence-corrected chi connectivity index (χ3v) is 5.31. The number of aromatic nitrogens is 3. The molecule has 1 heterocycles. The van der Waals surface area contributed by atoms with Crippen molar-refractivity contribution >= 4 is 23.4 Å². The average molecular weight is 398 g/mol. The predicted octanol–water partition coefficient (Wildman–Crippen LogP) is 3.62. The fraction of sp³-hybridized carbons (Fsp3) is 0.250. The molecular formula is C20H22N4O3S. The topological polar surface area (TPSA) is 78.3 Å². The summed E-state index contributed by atoms with van der Waals surface area (Å²) < 4.78 is 12.3. The van der Waals surface area contributed by atoms with E-state index in [1.807, 2.05) is 42.8 Å². The van der Waals surface area contributed by atoms with E-state index in [2.05, 4.69) is 15.5 Å². The summed E-state index contributed by atoms with van der Waals surface area (Å²) in [5.41, 5.74) is 1.62. The first-order valence-corrected chi connectivity index (χ1v) is 9.55. The van der Waals surface area contributed by atoms with Gasteiger partial charge in [0.2, 0.25) is 5.91 Å². The lowest BCUT2D eigenvalue weighted by Crippen LogP contribution is -2.22. The molecule has 0 radical (unpaired) electrons. The highest BCUT2D eigenvalue weighted by atomic mass is 32.2. The van der Waals surface area contributed by atoms with Crippen molar-refractivity contribution in [3.8, 4) is 22.9 Å². The molecule has 7 nitrogen and oxygen atoms in total. The monoisotopic (exact) mass is 398 g/mol. The standard InChI is InChI=1S/C20H22N4O3S/c1-13(19(25)21-15-8-10-16(26-3)11-9-15)28-20-23-22-18(24(20)2)14-6-5-7-17(12-14)27-4/h5-13H,1-4H3,(H,21,25)/t13-/m0/s1. The number of rotatable bonds is 7. The zero-order valence-electron chi connectivity index (χ0n) is 16.2. The lowest BCUT2D eigenvalue weighted by atomic mass is 10.2. The van der Waals surface area contributed by atoms with E-state index in [0.29, 0.717) is 16.7 Å². The molecule has 28 heavy (non-hydrogen) atoms. The van der Waals surface area contributed by atoms with Gasteiger partial charge in [0, 0.05) is 18.3 Å². The minimum atomic E-state index is -0.344. The maximum Gasteiger partial charge on any atom is 0.237 e. The molecule has 0 aliphatic rings. The molecule has 0 saturated heterocycles. The Morgan fingerprint density at radius 3 is 2.46 bits per heavy atom. The van der Waals surface area contributed by atoms with E-state index >= 15 is 0 Å². The third-order valence-electron chi connectivity index (χ3n) is 4.17. The van der Waals surface area contributed by atoms with Gasteiger partial charge in [-0.25, -0.2) is 0 Å². The second kappa shape index (κ2) is 8.79. The number of nitrogens with zero attached hydrogens (tertiary/aromatic N) is 3. The van der Waals surface area contributed by atoms with E-state index in [1.54, 1.807) is 38.5 Å². The molecule has 0 unspecified atom stereocenters. The minimum absolute atomic E-state index is 0.110. The summed E-state index contributed by atoms with van der Waals surface area (Å²) >= 11 is 1.35. The van der Waals surface area contributed by atoms with Gasteiger partial charge in [-0.05, 0) is 43.3 Å². The molecule has 2 aromatic carbocycles. The van der Waals surface area contributed by atoms with Gasteiger partial charge in [-0.3, -0.25) is 4.79 Å². The third kappa shape index (κ3) is 4.45. The predicted molar refractivity (Wildman–Crippen MR) is 110 cm³/mol. The summed E-state index contributed by atoms with van der Waals surface area (Å²) in [6, 6.07) is 14.8. The number of hydrogen-bond acceptors (Lipinski definition) is 6. The highest BCUT2D eigenvalue weighted by Gasteiger charge is 2.19. The van der Waals surface area contributed by atoms with Gasteiger partial charge >= 0.3 is 0 Å². The molecule has 146 valence electrons. The normalized spacial score (nSPS) is 11.7. The van der Waals surface area contributed by atoms with Crippen molar-refractivity contribution in [3.63, 3.8) is 0 Å². The van der Waals surface area contributed by atoms with Crippen LogP contribution in [0.1, 0.15) is 6.92 Å². The maximum absolute atomic E-state index is 12.5. The van der Waals surface area contributed by atoms with Crippen LogP contribution in [0.3, 0.4) is 0 Å². The first-order chi connectivity index (χ1) is 13.5. The first-order valence-electron chi connectivity index (χ1n) is 8.67. The Balaban J connectivity index is 1.69. The van der Waals surface area contributed by atoms with Crippen LogP contribution in [0, 0.1) is 0 Å². The molecule has 1 atom stereocenters. The van der Waals surface area contributed by atoms with Crippen molar-refractivity contribution in [2.45, 2.75) is 17.3 Å². The number of ether oxygens (including phenoxy) is 2. The zero-order chi connectivity index (χ0) is 20.1. The van der Waals surface area contributed by atoms with Crippen molar-refractivity contribution < 1.29 is 14.3 Å². The first kappa shape index (κ1) is 19.8. The molecule has 0 saturated carbocycles. The Hall–Kier alpha value is -3.00. The van der Waals surface area contributed by atoms with Gasteiger partial charge in [0.15, 0.2) is 11.0 Å². The van der Waals surface area contributed by atoms with Crippen LogP contribution in [0.5, 0.6) is 11.5 Å². The second-order valence-corrected chi connectivity index (χ2v) is 7.38. The summed E-state index contributed by atoms with van der Waals surface area (Å²) in [5.74, 6) is 2.09. The number of hydrogen-bond donors (Lipinski definition) is 1. The Bertz CT molecular complexity index is 956. The number of carbonyl (C=O) groups is 1. The van der Waals surface area contributed by atoms with Crippen LogP contribution in [0.2, 0.25) is 0 Å². The van der Waals surface area contributed by atoms with Gasteiger partial charge in [-0.2, -0.15) is 0 Å². The van der Waals surface area contributed by atoms with E-state index in [1.165, 1.54) is 11.8 Å². The van der Waals surface area contributed by atoms with Gasteiger partial charge in [-0.1, -0.05) is 23.9 Å². The number of benzene rings is 2. The molecule has 1 amide bonds. The highest BCUT2D eigenvalue weighted by Crippen LogP contribution is 2.28. The van der Waals surface area contributed by atoms with Crippen LogP contribution in [0.15, 0.2) is 53.7 Å².